The van der Waals surface area contributed by atoms with E-state index in [-0.39, 0.29) is 11.0 Å². The molecule has 2 heterocycles. The summed E-state index contributed by atoms with van der Waals surface area (Å²) in [4.78, 5) is 0. The lowest BCUT2D eigenvalue weighted by Crippen LogP contribution is -2.56. The van der Waals surface area contributed by atoms with Crippen molar-refractivity contribution in [1.82, 2.24) is 0 Å². The number of hydrogen-bond acceptors (Lipinski definition) is 0. The van der Waals surface area contributed by atoms with Crippen LogP contribution in [0.1, 0.15) is 90.3 Å². The van der Waals surface area contributed by atoms with Crippen LogP contribution in [0.3, 0.4) is 0 Å². The smallest absolute Gasteiger partial charge is 0.177 e. The summed E-state index contributed by atoms with van der Waals surface area (Å²) < 4.78 is 2.80. The molecule has 1 aromatic heterocycles. The Morgan fingerprint density at radius 3 is 2.21 bits per heavy atom. The molecule has 1 heteroatoms. The van der Waals surface area contributed by atoms with Crippen molar-refractivity contribution in [1.29, 1.82) is 0 Å². The van der Waals surface area contributed by atoms with E-state index in [0.717, 1.165) is 6.42 Å². The molecule has 3 aromatic carbocycles. The first-order chi connectivity index (χ1) is 18.9. The van der Waals surface area contributed by atoms with Crippen molar-refractivity contribution in [3.05, 3.63) is 101 Å². The molecule has 1 aliphatic heterocycles. The van der Waals surface area contributed by atoms with Gasteiger partial charge in [0.05, 0.1) is 5.56 Å². The molecule has 1 unspecified atom stereocenters. The van der Waals surface area contributed by atoms with Gasteiger partial charge in [-0.15, -0.1) is 0 Å². The molecule has 3 aliphatic rings. The average molecular weight is 513 g/mol. The van der Waals surface area contributed by atoms with Crippen LogP contribution in [-0.2, 0) is 11.0 Å². The maximum Gasteiger partial charge on any atom is 0.219 e. The van der Waals surface area contributed by atoms with Gasteiger partial charge in [0.1, 0.15) is 0 Å². The van der Waals surface area contributed by atoms with Gasteiger partial charge in [-0.2, -0.15) is 4.57 Å². The summed E-state index contributed by atoms with van der Waals surface area (Å²) in [7, 11) is 0. The number of hydrogen-bond donors (Lipinski definition) is 0. The number of para-hydroxylation sites is 1. The molecule has 4 aromatic rings. The lowest BCUT2D eigenvalue weighted by atomic mass is 9.68. The quantitative estimate of drug-likeness (QED) is 0.226. The van der Waals surface area contributed by atoms with Crippen LogP contribution >= 0.6 is 0 Å². The number of nitrogens with zero attached hydrogens (tertiary/aromatic N) is 1. The van der Waals surface area contributed by atoms with Crippen molar-refractivity contribution < 1.29 is 4.57 Å². The van der Waals surface area contributed by atoms with Gasteiger partial charge in [-0.25, -0.2) is 0 Å². The third-order valence-electron chi connectivity index (χ3n) is 10.6. The van der Waals surface area contributed by atoms with Crippen molar-refractivity contribution in [3.8, 4) is 11.3 Å². The van der Waals surface area contributed by atoms with Crippen LogP contribution < -0.4 is 4.57 Å². The molecule has 2 aliphatic carbocycles. The number of rotatable bonds is 6. The molecule has 0 bridgehead atoms. The molecule has 0 fully saturated rings. The fourth-order valence-corrected chi connectivity index (χ4v) is 8.52. The minimum atomic E-state index is -0.202. The van der Waals surface area contributed by atoms with Crippen LogP contribution in [0.15, 0.2) is 84.0 Å². The first-order valence-corrected chi connectivity index (χ1v) is 15.4. The van der Waals surface area contributed by atoms with Gasteiger partial charge >= 0.3 is 0 Å². The lowest BCUT2D eigenvalue weighted by Gasteiger charge is -2.34. The van der Waals surface area contributed by atoms with E-state index >= 15 is 0 Å². The van der Waals surface area contributed by atoms with Crippen LogP contribution in [-0.4, -0.2) is 0 Å². The molecule has 1 atom stereocenters. The molecular weight excluding hydrogens is 470 g/mol. The van der Waals surface area contributed by atoms with Gasteiger partial charge in [-0.05, 0) is 72.3 Å². The van der Waals surface area contributed by atoms with Gasteiger partial charge in [0.25, 0.3) is 0 Å². The molecule has 0 saturated carbocycles. The number of pyridine rings is 1. The minimum Gasteiger partial charge on any atom is -0.177 e. The highest BCUT2D eigenvalue weighted by molar-refractivity contribution is 6.05. The molecule has 0 saturated heterocycles. The van der Waals surface area contributed by atoms with E-state index in [2.05, 4.69) is 119 Å². The summed E-state index contributed by atoms with van der Waals surface area (Å²) in [5, 5.41) is 4.20. The molecule has 1 spiro atoms. The maximum atomic E-state index is 2.80. The van der Waals surface area contributed by atoms with Crippen molar-refractivity contribution in [2.45, 2.75) is 84.6 Å². The van der Waals surface area contributed by atoms with Crippen LogP contribution in [0, 0.1) is 11.8 Å². The van der Waals surface area contributed by atoms with E-state index in [1.165, 1.54) is 75.3 Å². The predicted octanol–water partition coefficient (Wildman–Crippen LogP) is 9.77. The lowest BCUT2D eigenvalue weighted by molar-refractivity contribution is -0.703. The SMILES string of the molecule is CCC(CC)C1=CC2(CC(C(CC)CC)=C1)c1ccc3cccc4c3c1-c1c(cc3ccccc3[n+]12)C4(C)C. The Balaban J connectivity index is 1.68. The van der Waals surface area contributed by atoms with Crippen LogP contribution in [0.2, 0.25) is 0 Å². The number of allylic oxidation sites excluding steroid dienone is 4. The second-order valence-electron chi connectivity index (χ2n) is 12.8. The van der Waals surface area contributed by atoms with Gasteiger partial charge < -0.3 is 0 Å². The van der Waals surface area contributed by atoms with Crippen LogP contribution in [0.5, 0.6) is 0 Å². The van der Waals surface area contributed by atoms with E-state index in [4.69, 9.17) is 0 Å². The monoisotopic (exact) mass is 512 g/mol. The first-order valence-electron chi connectivity index (χ1n) is 15.4. The van der Waals surface area contributed by atoms with Gasteiger partial charge in [0.2, 0.25) is 16.7 Å². The van der Waals surface area contributed by atoms with E-state index in [0.29, 0.717) is 11.8 Å². The van der Waals surface area contributed by atoms with E-state index < -0.39 is 0 Å². The Hall–Kier alpha value is -3.19. The summed E-state index contributed by atoms with van der Waals surface area (Å²) in [6.45, 7) is 14.4. The van der Waals surface area contributed by atoms with Gasteiger partial charge in [-0.3, -0.25) is 0 Å². The van der Waals surface area contributed by atoms with Crippen molar-refractivity contribution >= 4 is 21.7 Å². The largest absolute Gasteiger partial charge is 0.219 e. The highest BCUT2D eigenvalue weighted by Gasteiger charge is 2.57. The molecule has 39 heavy (non-hydrogen) atoms. The topological polar surface area (TPSA) is 3.88 Å². The Bertz CT molecular complexity index is 1710. The molecule has 1 nitrogen and oxygen atoms in total. The predicted molar refractivity (Wildman–Crippen MR) is 165 cm³/mol. The number of aromatic nitrogens is 1. The Morgan fingerprint density at radius 1 is 0.744 bits per heavy atom. The Labute approximate surface area is 234 Å². The molecular formula is C38H42N+. The summed E-state index contributed by atoms with van der Waals surface area (Å²) in [6, 6.07) is 23.5. The summed E-state index contributed by atoms with van der Waals surface area (Å²) in [5.41, 5.74) is 11.7. The summed E-state index contributed by atoms with van der Waals surface area (Å²) in [6.07, 6.45) is 11.2. The summed E-state index contributed by atoms with van der Waals surface area (Å²) >= 11 is 0. The van der Waals surface area contributed by atoms with Crippen LogP contribution in [0.4, 0.5) is 0 Å². The Morgan fingerprint density at radius 2 is 1.46 bits per heavy atom. The standard InChI is InChI=1S/C38H42N/c1-7-24(8-2)28-20-29(25(9-3)10-4)23-38(22-28)31-19-18-26-15-13-16-30-34(26)35(31)36-32(37(30,5)6)21-27-14-11-12-17-33(27)39(36)38/h11-22,24-25H,7-10,23H2,1-6H3/q+1. The van der Waals surface area contributed by atoms with Crippen molar-refractivity contribution in [3.63, 3.8) is 0 Å². The van der Waals surface area contributed by atoms with E-state index in [1.54, 1.807) is 11.1 Å². The fraction of sp³-hybridized carbons (Fsp3) is 0.395. The molecule has 0 N–H and O–H groups in total. The van der Waals surface area contributed by atoms with Crippen LogP contribution in [0.25, 0.3) is 32.9 Å². The Kier molecular flexibility index (Phi) is 5.51. The van der Waals surface area contributed by atoms with E-state index in [1.807, 2.05) is 0 Å². The van der Waals surface area contributed by atoms with Gasteiger partial charge in [-0.1, -0.05) is 95.7 Å². The van der Waals surface area contributed by atoms with Gasteiger partial charge in [0.15, 0.2) is 0 Å². The third kappa shape index (κ3) is 3.17. The highest BCUT2D eigenvalue weighted by Crippen LogP contribution is 2.57. The molecule has 0 amide bonds. The zero-order valence-electron chi connectivity index (χ0n) is 24.6. The van der Waals surface area contributed by atoms with Gasteiger partial charge in [0, 0.05) is 39.8 Å². The zero-order valence-corrected chi connectivity index (χ0v) is 24.6. The number of fused-ring (bicyclic) bond motifs is 4. The van der Waals surface area contributed by atoms with Crippen molar-refractivity contribution in [2.24, 2.45) is 11.8 Å². The normalized spacial score (nSPS) is 20.4. The summed E-state index contributed by atoms with van der Waals surface area (Å²) in [5.74, 6) is 1.21. The maximum absolute atomic E-state index is 2.80. The zero-order chi connectivity index (χ0) is 27.1. The molecule has 7 rings (SSSR count). The fourth-order valence-electron chi connectivity index (χ4n) is 8.52. The average Bonchev–Trinajstić information content (AvgIpc) is 3.22. The second-order valence-corrected chi connectivity index (χ2v) is 12.8. The minimum absolute atomic E-state index is 0.0671. The number of benzene rings is 3. The van der Waals surface area contributed by atoms with E-state index in [9.17, 15) is 0 Å². The third-order valence-corrected chi connectivity index (χ3v) is 10.6. The second kappa shape index (κ2) is 8.65. The first kappa shape index (κ1) is 24.8. The highest BCUT2D eigenvalue weighted by atomic mass is 15.1. The molecule has 0 radical (unpaired) electrons. The van der Waals surface area contributed by atoms with Crippen molar-refractivity contribution in [2.75, 3.05) is 0 Å². The molecule has 198 valence electrons.